The van der Waals surface area contributed by atoms with Gasteiger partial charge < -0.3 is 9.32 Å². The first kappa shape index (κ1) is 30.0. The molecule has 10 aromatic rings. The predicted molar refractivity (Wildman–Crippen MR) is 220 cm³/mol. The molecule has 0 atom stereocenters. The molecule has 0 bridgehead atoms. The van der Waals surface area contributed by atoms with Crippen molar-refractivity contribution in [1.82, 2.24) is 0 Å². The van der Waals surface area contributed by atoms with Crippen LogP contribution >= 0.6 is 0 Å². The van der Waals surface area contributed by atoms with Crippen LogP contribution in [0.25, 0.3) is 76.9 Å². The Bertz CT molecular complexity index is 2890. The minimum Gasteiger partial charge on any atom is -0.454 e. The van der Waals surface area contributed by atoms with Crippen LogP contribution < -0.4 is 4.90 Å². The fourth-order valence-corrected chi connectivity index (χ4v) is 7.92. The van der Waals surface area contributed by atoms with Gasteiger partial charge in [0, 0.05) is 22.1 Å². The van der Waals surface area contributed by atoms with Crippen molar-refractivity contribution >= 4 is 60.5 Å². The SMILES string of the molecule is c1ccc(-c2c(-c3ccccc3)c3cc(-c4cccc(N(c5ccccc5)c5cccc6c5oc5ccccc56)c4)ccc3c3ccccc23)cc1. The predicted octanol–water partition coefficient (Wildman–Crippen LogP) is 14.4. The van der Waals surface area contributed by atoms with Gasteiger partial charge in [-0.25, -0.2) is 0 Å². The van der Waals surface area contributed by atoms with Crippen LogP contribution in [0.3, 0.4) is 0 Å². The molecule has 244 valence electrons. The summed E-state index contributed by atoms with van der Waals surface area (Å²) in [6.07, 6.45) is 0. The first-order valence-electron chi connectivity index (χ1n) is 17.8. The summed E-state index contributed by atoms with van der Waals surface area (Å²) in [6.45, 7) is 0. The Morgan fingerprint density at radius 2 is 0.827 bits per heavy atom. The average Bonchev–Trinajstić information content (AvgIpc) is 3.61. The second kappa shape index (κ2) is 12.5. The Morgan fingerprint density at radius 3 is 1.58 bits per heavy atom. The third kappa shape index (κ3) is 4.96. The molecule has 0 aliphatic rings. The standard InChI is InChI=1S/C50H33NO/c1-4-16-34(17-5-1)48-43-26-11-10-24-40(43)41-31-30-37(33-45(41)49(48)35-18-6-2-7-19-35)36-20-14-23-39(32-36)51(38-21-8-3-9-22-38)46-28-15-27-44-42-25-12-13-29-47(42)52-50(44)46/h1-33H. The zero-order chi connectivity index (χ0) is 34.4. The van der Waals surface area contributed by atoms with Gasteiger partial charge in [-0.15, -0.1) is 0 Å². The molecule has 10 rings (SSSR count). The fourth-order valence-electron chi connectivity index (χ4n) is 7.92. The molecule has 0 aliphatic carbocycles. The summed E-state index contributed by atoms with van der Waals surface area (Å²) >= 11 is 0. The zero-order valence-corrected chi connectivity index (χ0v) is 28.4. The minimum atomic E-state index is 0.872. The molecule has 0 saturated carbocycles. The van der Waals surface area contributed by atoms with Crippen molar-refractivity contribution in [3.63, 3.8) is 0 Å². The van der Waals surface area contributed by atoms with Crippen molar-refractivity contribution < 1.29 is 4.42 Å². The molecule has 0 N–H and O–H groups in total. The number of furan rings is 1. The van der Waals surface area contributed by atoms with Gasteiger partial charge in [-0.3, -0.25) is 0 Å². The van der Waals surface area contributed by atoms with Gasteiger partial charge in [0.1, 0.15) is 5.58 Å². The van der Waals surface area contributed by atoms with Crippen molar-refractivity contribution in [2.75, 3.05) is 4.90 Å². The highest BCUT2D eigenvalue weighted by molar-refractivity contribution is 6.22. The van der Waals surface area contributed by atoms with E-state index in [1.807, 2.05) is 12.1 Å². The lowest BCUT2D eigenvalue weighted by Gasteiger charge is -2.26. The smallest absolute Gasteiger partial charge is 0.159 e. The molecule has 2 heteroatoms. The Morgan fingerprint density at radius 1 is 0.308 bits per heavy atom. The van der Waals surface area contributed by atoms with Crippen LogP contribution in [0.15, 0.2) is 205 Å². The van der Waals surface area contributed by atoms with Crippen molar-refractivity contribution in [2.45, 2.75) is 0 Å². The molecule has 0 aliphatic heterocycles. The van der Waals surface area contributed by atoms with Crippen molar-refractivity contribution in [1.29, 1.82) is 0 Å². The molecule has 0 unspecified atom stereocenters. The molecule has 0 radical (unpaired) electrons. The molecule has 52 heavy (non-hydrogen) atoms. The van der Waals surface area contributed by atoms with E-state index in [1.165, 1.54) is 43.8 Å². The van der Waals surface area contributed by atoms with Gasteiger partial charge in [0.15, 0.2) is 5.58 Å². The molecule has 0 spiro atoms. The molecule has 1 aromatic heterocycles. The van der Waals surface area contributed by atoms with Crippen LogP contribution in [-0.4, -0.2) is 0 Å². The lowest BCUT2D eigenvalue weighted by molar-refractivity contribution is 0.669. The maximum absolute atomic E-state index is 6.57. The molecule has 0 fully saturated rings. The summed E-state index contributed by atoms with van der Waals surface area (Å²) in [6, 6.07) is 71.6. The second-order valence-electron chi connectivity index (χ2n) is 13.3. The van der Waals surface area contributed by atoms with E-state index < -0.39 is 0 Å². The number of fused-ring (bicyclic) bond motifs is 6. The Labute approximate surface area is 302 Å². The summed E-state index contributed by atoms with van der Waals surface area (Å²) in [7, 11) is 0. The normalized spacial score (nSPS) is 11.5. The van der Waals surface area contributed by atoms with E-state index in [0.29, 0.717) is 0 Å². The van der Waals surface area contributed by atoms with Gasteiger partial charge in [-0.1, -0.05) is 158 Å². The first-order valence-corrected chi connectivity index (χ1v) is 17.8. The Balaban J connectivity index is 1.20. The first-order chi connectivity index (χ1) is 25.8. The number of rotatable bonds is 6. The van der Waals surface area contributed by atoms with Gasteiger partial charge in [0.05, 0.1) is 5.69 Å². The number of hydrogen-bond donors (Lipinski definition) is 0. The lowest BCUT2D eigenvalue weighted by atomic mass is 9.84. The molecule has 1 heterocycles. The van der Waals surface area contributed by atoms with Crippen LogP contribution in [0.2, 0.25) is 0 Å². The quantitative estimate of drug-likeness (QED) is 0.165. The van der Waals surface area contributed by atoms with Crippen LogP contribution in [-0.2, 0) is 0 Å². The van der Waals surface area contributed by atoms with E-state index in [2.05, 4.69) is 193 Å². The molecule has 0 amide bonds. The van der Waals surface area contributed by atoms with E-state index >= 15 is 0 Å². The fraction of sp³-hybridized carbons (Fsp3) is 0. The molecule has 2 nitrogen and oxygen atoms in total. The maximum atomic E-state index is 6.57. The maximum Gasteiger partial charge on any atom is 0.159 e. The molecule has 0 saturated heterocycles. The topological polar surface area (TPSA) is 16.4 Å². The summed E-state index contributed by atoms with van der Waals surface area (Å²) < 4.78 is 6.57. The van der Waals surface area contributed by atoms with E-state index in [4.69, 9.17) is 4.42 Å². The van der Waals surface area contributed by atoms with Crippen LogP contribution in [0.4, 0.5) is 17.1 Å². The number of benzene rings is 9. The summed E-state index contributed by atoms with van der Waals surface area (Å²) in [5.41, 5.74) is 12.1. The Hall–Kier alpha value is -6.90. The number of hydrogen-bond acceptors (Lipinski definition) is 2. The highest BCUT2D eigenvalue weighted by Gasteiger charge is 2.21. The zero-order valence-electron chi connectivity index (χ0n) is 28.4. The van der Waals surface area contributed by atoms with Crippen LogP contribution in [0.5, 0.6) is 0 Å². The lowest BCUT2D eigenvalue weighted by Crippen LogP contribution is -2.10. The summed E-state index contributed by atoms with van der Waals surface area (Å²) in [5, 5.41) is 7.22. The third-order valence-corrected chi connectivity index (χ3v) is 10.2. The minimum absolute atomic E-state index is 0.872. The van der Waals surface area contributed by atoms with Gasteiger partial charge in [-0.2, -0.15) is 0 Å². The number of nitrogens with zero attached hydrogens (tertiary/aromatic N) is 1. The van der Waals surface area contributed by atoms with Gasteiger partial charge in [-0.05, 0) is 97.4 Å². The van der Waals surface area contributed by atoms with Crippen molar-refractivity contribution in [3.05, 3.63) is 200 Å². The molecule has 9 aromatic carbocycles. The van der Waals surface area contributed by atoms with E-state index in [1.54, 1.807) is 0 Å². The van der Waals surface area contributed by atoms with E-state index in [0.717, 1.165) is 50.1 Å². The number of para-hydroxylation sites is 3. The largest absolute Gasteiger partial charge is 0.454 e. The molecular formula is C50H33NO. The van der Waals surface area contributed by atoms with Gasteiger partial charge in [0.25, 0.3) is 0 Å². The van der Waals surface area contributed by atoms with E-state index in [9.17, 15) is 0 Å². The number of anilines is 3. The van der Waals surface area contributed by atoms with Crippen molar-refractivity contribution in [2.24, 2.45) is 0 Å². The monoisotopic (exact) mass is 663 g/mol. The highest BCUT2D eigenvalue weighted by Crippen LogP contribution is 2.46. The van der Waals surface area contributed by atoms with Gasteiger partial charge >= 0.3 is 0 Å². The third-order valence-electron chi connectivity index (χ3n) is 10.2. The highest BCUT2D eigenvalue weighted by atomic mass is 16.3. The summed E-state index contributed by atoms with van der Waals surface area (Å²) in [4.78, 5) is 2.31. The summed E-state index contributed by atoms with van der Waals surface area (Å²) in [5.74, 6) is 0. The van der Waals surface area contributed by atoms with E-state index in [-0.39, 0.29) is 0 Å². The van der Waals surface area contributed by atoms with Crippen LogP contribution in [0.1, 0.15) is 0 Å². The average molecular weight is 664 g/mol. The molecular weight excluding hydrogens is 631 g/mol. The van der Waals surface area contributed by atoms with Gasteiger partial charge in [0.2, 0.25) is 0 Å². The Kier molecular flexibility index (Phi) is 7.18. The van der Waals surface area contributed by atoms with Crippen molar-refractivity contribution in [3.8, 4) is 33.4 Å². The van der Waals surface area contributed by atoms with Crippen LogP contribution in [0, 0.1) is 0 Å². The second-order valence-corrected chi connectivity index (χ2v) is 13.3.